The number of nitrogens with zero attached hydrogens (tertiary/aromatic N) is 4. The molecular weight excluding hydrogens is 372 g/mol. The quantitative estimate of drug-likeness (QED) is 0.664. The van der Waals surface area contributed by atoms with Gasteiger partial charge in [0.15, 0.2) is 5.82 Å². The molecule has 5 nitrogen and oxygen atoms in total. The molecule has 1 aliphatic heterocycles. The largest absolute Gasteiger partial charge is 0.277 e. The minimum Gasteiger partial charge on any atom is -0.277 e. The summed E-state index contributed by atoms with van der Waals surface area (Å²) >= 11 is 0. The summed E-state index contributed by atoms with van der Waals surface area (Å²) in [6.07, 6.45) is 10.9. The fourth-order valence-corrected chi connectivity index (χ4v) is 6.34. The van der Waals surface area contributed by atoms with Crippen molar-refractivity contribution >= 4 is 11.9 Å². The van der Waals surface area contributed by atoms with Crippen molar-refractivity contribution in [3.05, 3.63) is 29.8 Å². The minimum atomic E-state index is -0.0416. The number of rotatable bonds is 2. The Labute approximate surface area is 179 Å². The van der Waals surface area contributed by atoms with E-state index in [2.05, 4.69) is 40.8 Å². The molecule has 5 heteroatoms. The lowest BCUT2D eigenvalue weighted by molar-refractivity contribution is -0.123. The van der Waals surface area contributed by atoms with Crippen LogP contribution in [0.3, 0.4) is 0 Å². The fraction of sp³-hybridized carbons (Fsp3) is 0.640. The second-order valence-electron chi connectivity index (χ2n) is 9.95. The van der Waals surface area contributed by atoms with Crippen LogP contribution in [0.4, 0.5) is 5.95 Å². The number of carbonyl (C=O) groups excluding carboxylic acids is 1. The lowest BCUT2D eigenvalue weighted by Gasteiger charge is -2.55. The third kappa shape index (κ3) is 2.92. The van der Waals surface area contributed by atoms with Crippen molar-refractivity contribution < 1.29 is 4.79 Å². The molecular formula is C25H34N4O. The summed E-state index contributed by atoms with van der Waals surface area (Å²) in [5.41, 5.74) is 2.28. The average Bonchev–Trinajstić information content (AvgIpc) is 3.20. The molecule has 160 valence electrons. The van der Waals surface area contributed by atoms with Gasteiger partial charge in [-0.3, -0.25) is 9.69 Å². The molecule has 2 fully saturated rings. The van der Waals surface area contributed by atoms with Gasteiger partial charge in [0.2, 0.25) is 11.9 Å². The number of carbonyl (C=O) groups is 1. The molecule has 2 aliphatic carbocycles. The Morgan fingerprint density at radius 3 is 2.53 bits per heavy atom. The summed E-state index contributed by atoms with van der Waals surface area (Å²) in [5.74, 6) is 2.22. The van der Waals surface area contributed by atoms with E-state index in [1.807, 2.05) is 13.8 Å². The van der Waals surface area contributed by atoms with E-state index in [-0.39, 0.29) is 23.4 Å². The number of fused-ring (bicyclic) bond motifs is 4. The van der Waals surface area contributed by atoms with Gasteiger partial charge >= 0.3 is 0 Å². The lowest BCUT2D eigenvalue weighted by atomic mass is 9.64. The summed E-state index contributed by atoms with van der Waals surface area (Å²) in [5, 5.41) is 5.15. The number of anilines is 1. The Bertz CT molecular complexity index is 940. The minimum absolute atomic E-state index is 0.0281. The molecule has 5 rings (SSSR count). The highest BCUT2D eigenvalue weighted by atomic mass is 16.2. The fourth-order valence-electron chi connectivity index (χ4n) is 6.34. The highest BCUT2D eigenvalue weighted by Gasteiger charge is 2.55. The highest BCUT2D eigenvalue weighted by molar-refractivity contribution is 5.94. The first-order valence-corrected chi connectivity index (χ1v) is 11.9. The van der Waals surface area contributed by atoms with E-state index in [1.54, 1.807) is 0 Å². The van der Waals surface area contributed by atoms with Crippen molar-refractivity contribution in [2.75, 3.05) is 4.90 Å². The number of hydrogen-bond acceptors (Lipinski definition) is 3. The number of aromatic nitrogens is 3. The van der Waals surface area contributed by atoms with Gasteiger partial charge in [0.05, 0.1) is 5.54 Å². The van der Waals surface area contributed by atoms with Crippen LogP contribution in [0.15, 0.2) is 24.3 Å². The van der Waals surface area contributed by atoms with Gasteiger partial charge < -0.3 is 0 Å². The van der Waals surface area contributed by atoms with Crippen molar-refractivity contribution in [3.8, 4) is 11.4 Å². The van der Waals surface area contributed by atoms with Gasteiger partial charge in [-0.25, -0.2) is 4.68 Å². The Hall–Kier alpha value is -2.17. The van der Waals surface area contributed by atoms with Gasteiger partial charge in [-0.2, -0.15) is 4.98 Å². The predicted octanol–water partition coefficient (Wildman–Crippen LogP) is 5.47. The van der Waals surface area contributed by atoms with Gasteiger partial charge in [-0.15, -0.1) is 5.10 Å². The van der Waals surface area contributed by atoms with E-state index >= 15 is 0 Å². The third-order valence-electron chi connectivity index (χ3n) is 7.82. The maximum absolute atomic E-state index is 13.4. The molecule has 2 saturated carbocycles. The van der Waals surface area contributed by atoms with Crippen molar-refractivity contribution in [2.45, 2.75) is 90.1 Å². The van der Waals surface area contributed by atoms with Gasteiger partial charge in [0.25, 0.3) is 0 Å². The van der Waals surface area contributed by atoms with Crippen LogP contribution >= 0.6 is 0 Å². The van der Waals surface area contributed by atoms with Crippen LogP contribution < -0.4 is 4.90 Å². The molecule has 1 amide bonds. The van der Waals surface area contributed by atoms with Crippen LogP contribution in [0, 0.1) is 18.8 Å². The molecule has 1 spiro atoms. The average molecular weight is 407 g/mol. The second-order valence-corrected chi connectivity index (χ2v) is 9.95. The molecule has 2 unspecified atom stereocenters. The third-order valence-corrected chi connectivity index (χ3v) is 7.82. The number of benzene rings is 1. The standard InChI is InChI=1S/C25H34N4O/c1-17(2)23(30)28-21-14-8-7-13-20(21)25(15-9-4-10-16-25)29-24(28)26-22(27-29)19-12-6-5-11-18(19)3/h5-6,11-12,17,20-21H,4,7-10,13-16H2,1-3H3. The van der Waals surface area contributed by atoms with E-state index in [4.69, 9.17) is 10.1 Å². The molecule has 1 aromatic heterocycles. The van der Waals surface area contributed by atoms with Crippen LogP contribution in [0.1, 0.15) is 77.2 Å². The van der Waals surface area contributed by atoms with Gasteiger partial charge in [0, 0.05) is 23.4 Å². The first kappa shape index (κ1) is 19.8. The van der Waals surface area contributed by atoms with E-state index in [0.29, 0.717) is 5.92 Å². The smallest absolute Gasteiger partial charge is 0.232 e. The summed E-state index contributed by atoms with van der Waals surface area (Å²) in [6.45, 7) is 6.13. The zero-order valence-electron chi connectivity index (χ0n) is 18.6. The van der Waals surface area contributed by atoms with Crippen LogP contribution in [-0.4, -0.2) is 26.7 Å². The Balaban J connectivity index is 1.72. The van der Waals surface area contributed by atoms with E-state index in [9.17, 15) is 4.79 Å². The van der Waals surface area contributed by atoms with E-state index in [1.165, 1.54) is 56.9 Å². The normalized spacial score (nSPS) is 25.3. The van der Waals surface area contributed by atoms with Crippen LogP contribution in [-0.2, 0) is 10.3 Å². The summed E-state index contributed by atoms with van der Waals surface area (Å²) < 4.78 is 2.22. The Kier molecular flexibility index (Phi) is 4.95. The van der Waals surface area contributed by atoms with Crippen molar-refractivity contribution in [1.82, 2.24) is 14.8 Å². The van der Waals surface area contributed by atoms with E-state index < -0.39 is 0 Å². The SMILES string of the molecule is Cc1ccccc1-c1nc2n(n1)C1(CCCCC1)C1CCCCC1N2C(=O)C(C)C. The second kappa shape index (κ2) is 7.51. The van der Waals surface area contributed by atoms with Gasteiger partial charge in [-0.1, -0.05) is 70.2 Å². The molecule has 0 bridgehead atoms. The zero-order valence-corrected chi connectivity index (χ0v) is 18.6. The van der Waals surface area contributed by atoms with Crippen molar-refractivity contribution in [2.24, 2.45) is 11.8 Å². The topological polar surface area (TPSA) is 51.0 Å². The molecule has 0 saturated heterocycles. The molecule has 2 atom stereocenters. The summed E-state index contributed by atoms with van der Waals surface area (Å²) in [4.78, 5) is 20.6. The Morgan fingerprint density at radius 1 is 1.07 bits per heavy atom. The Morgan fingerprint density at radius 2 is 1.80 bits per heavy atom. The van der Waals surface area contributed by atoms with Crippen LogP contribution in [0.2, 0.25) is 0 Å². The molecule has 1 aromatic carbocycles. The maximum Gasteiger partial charge on any atom is 0.232 e. The molecule has 0 N–H and O–H groups in total. The molecule has 30 heavy (non-hydrogen) atoms. The summed E-state index contributed by atoms with van der Waals surface area (Å²) in [6, 6.07) is 8.60. The van der Waals surface area contributed by atoms with Crippen LogP contribution in [0.5, 0.6) is 0 Å². The number of hydrogen-bond donors (Lipinski definition) is 0. The molecule has 2 heterocycles. The van der Waals surface area contributed by atoms with E-state index in [0.717, 1.165) is 23.8 Å². The number of aryl methyl sites for hydroxylation is 1. The van der Waals surface area contributed by atoms with Gasteiger partial charge in [0.1, 0.15) is 0 Å². The van der Waals surface area contributed by atoms with Gasteiger partial charge in [-0.05, 0) is 38.2 Å². The summed E-state index contributed by atoms with van der Waals surface area (Å²) in [7, 11) is 0. The molecule has 2 aromatic rings. The first-order valence-electron chi connectivity index (χ1n) is 11.9. The zero-order chi connectivity index (χ0) is 20.9. The molecule has 0 radical (unpaired) electrons. The monoisotopic (exact) mass is 406 g/mol. The van der Waals surface area contributed by atoms with Crippen molar-refractivity contribution in [1.29, 1.82) is 0 Å². The highest BCUT2D eigenvalue weighted by Crippen LogP contribution is 2.53. The first-order chi connectivity index (χ1) is 14.5. The predicted molar refractivity (Wildman–Crippen MR) is 119 cm³/mol. The lowest BCUT2D eigenvalue weighted by Crippen LogP contribution is -2.62. The number of amides is 1. The molecule has 3 aliphatic rings. The maximum atomic E-state index is 13.4. The van der Waals surface area contributed by atoms with Crippen molar-refractivity contribution in [3.63, 3.8) is 0 Å². The van der Waals surface area contributed by atoms with Crippen LogP contribution in [0.25, 0.3) is 11.4 Å².